The van der Waals surface area contributed by atoms with E-state index in [1.165, 1.54) is 4.90 Å². The highest BCUT2D eigenvalue weighted by Gasteiger charge is 2.40. The summed E-state index contributed by atoms with van der Waals surface area (Å²) in [6.45, 7) is -0.0991. The Kier molecular flexibility index (Phi) is 2.76. The van der Waals surface area contributed by atoms with Crippen LogP contribution in [0.5, 0.6) is 0 Å². The van der Waals surface area contributed by atoms with Crippen LogP contribution < -0.4 is 5.73 Å². The van der Waals surface area contributed by atoms with Crippen molar-refractivity contribution in [2.24, 2.45) is 5.73 Å². The van der Waals surface area contributed by atoms with E-state index in [0.29, 0.717) is 5.92 Å². The number of H-pyrrole nitrogens is 1. The molecule has 0 radical (unpaired) electrons. The second-order valence-electron chi connectivity index (χ2n) is 5.19. The summed E-state index contributed by atoms with van der Waals surface area (Å²) in [5.41, 5.74) is 6.35. The first kappa shape index (κ1) is 12.1. The maximum atomic E-state index is 13.4. The van der Waals surface area contributed by atoms with Gasteiger partial charge in [0, 0.05) is 18.0 Å². The number of nitrogens with two attached hydrogens (primary N) is 1. The van der Waals surface area contributed by atoms with Crippen molar-refractivity contribution >= 4 is 11.8 Å². The third-order valence-corrected chi connectivity index (χ3v) is 3.67. The average Bonchev–Trinajstić information content (AvgIpc) is 2.96. The number of hydrogen-bond acceptors (Lipinski definition) is 3. The number of nitrogens with zero attached hydrogens (tertiary/aromatic N) is 2. The minimum atomic E-state index is -1.21. The SMILES string of the molecule is NC(=O)[C@@H]1C[C@@H](F)CN1C(=O)c1cc(C2CC2)[nH]n1. The molecule has 3 N–H and O–H groups in total. The smallest absolute Gasteiger partial charge is 0.275 e. The normalized spacial score (nSPS) is 26.7. The fourth-order valence-electron chi connectivity index (χ4n) is 2.48. The van der Waals surface area contributed by atoms with Crippen LogP contribution >= 0.6 is 0 Å². The third kappa shape index (κ3) is 2.20. The highest BCUT2D eigenvalue weighted by molar-refractivity contribution is 5.96. The molecule has 1 aromatic rings. The van der Waals surface area contributed by atoms with Crippen molar-refractivity contribution in [1.82, 2.24) is 15.1 Å². The third-order valence-electron chi connectivity index (χ3n) is 3.67. The first-order chi connectivity index (χ1) is 9.06. The summed E-state index contributed by atoms with van der Waals surface area (Å²) in [5, 5.41) is 6.77. The summed E-state index contributed by atoms with van der Waals surface area (Å²) < 4.78 is 13.4. The molecule has 19 heavy (non-hydrogen) atoms. The fraction of sp³-hybridized carbons (Fsp3) is 0.583. The van der Waals surface area contributed by atoms with Gasteiger partial charge in [0.05, 0.1) is 6.54 Å². The number of carbonyl (C=O) groups is 2. The van der Waals surface area contributed by atoms with Gasteiger partial charge in [0.2, 0.25) is 5.91 Å². The molecule has 0 bridgehead atoms. The summed E-state index contributed by atoms with van der Waals surface area (Å²) in [5.74, 6) is -0.660. The number of hydrogen-bond donors (Lipinski definition) is 2. The van der Waals surface area contributed by atoms with Crippen LogP contribution in [0.2, 0.25) is 0 Å². The van der Waals surface area contributed by atoms with E-state index >= 15 is 0 Å². The lowest BCUT2D eigenvalue weighted by atomic mass is 10.2. The van der Waals surface area contributed by atoms with Crippen molar-refractivity contribution < 1.29 is 14.0 Å². The summed E-state index contributed by atoms with van der Waals surface area (Å²) >= 11 is 0. The minimum Gasteiger partial charge on any atom is -0.368 e. The zero-order chi connectivity index (χ0) is 13.6. The Hall–Kier alpha value is -1.92. The summed E-state index contributed by atoms with van der Waals surface area (Å²) in [6, 6.07) is 0.812. The van der Waals surface area contributed by atoms with Crippen LogP contribution in [0, 0.1) is 0 Å². The second-order valence-corrected chi connectivity index (χ2v) is 5.19. The Labute approximate surface area is 109 Å². The predicted octanol–water partition coefficient (Wildman–Crippen LogP) is 0.325. The zero-order valence-corrected chi connectivity index (χ0v) is 10.3. The van der Waals surface area contributed by atoms with E-state index < -0.39 is 24.0 Å². The number of aromatic nitrogens is 2. The predicted molar refractivity (Wildman–Crippen MR) is 64.1 cm³/mol. The lowest BCUT2D eigenvalue weighted by molar-refractivity contribution is -0.121. The molecule has 0 spiro atoms. The first-order valence-corrected chi connectivity index (χ1v) is 6.36. The van der Waals surface area contributed by atoms with Gasteiger partial charge < -0.3 is 10.6 Å². The lowest BCUT2D eigenvalue weighted by Gasteiger charge is -2.20. The van der Waals surface area contributed by atoms with Gasteiger partial charge in [0.1, 0.15) is 17.9 Å². The summed E-state index contributed by atoms with van der Waals surface area (Å²) in [4.78, 5) is 24.7. The Bertz CT molecular complexity index is 526. The first-order valence-electron chi connectivity index (χ1n) is 6.36. The Morgan fingerprint density at radius 3 is 2.84 bits per heavy atom. The van der Waals surface area contributed by atoms with Gasteiger partial charge >= 0.3 is 0 Å². The molecule has 102 valence electrons. The molecule has 1 aromatic heterocycles. The standard InChI is InChI=1S/C12H15FN4O2/c13-7-3-10(11(14)18)17(5-7)12(19)9-4-8(15-16-9)6-1-2-6/h4,6-7,10H,1-3,5H2,(H2,14,18)(H,15,16)/t7-,10+/m1/s1. The molecule has 3 rings (SSSR count). The van der Waals surface area contributed by atoms with E-state index in [-0.39, 0.29) is 18.7 Å². The molecule has 6 nitrogen and oxygen atoms in total. The minimum absolute atomic E-state index is 0.0268. The van der Waals surface area contributed by atoms with Crippen molar-refractivity contribution in [3.63, 3.8) is 0 Å². The molecule has 1 saturated heterocycles. The Morgan fingerprint density at radius 2 is 2.21 bits per heavy atom. The monoisotopic (exact) mass is 266 g/mol. The molecule has 2 heterocycles. The van der Waals surface area contributed by atoms with Gasteiger partial charge in [-0.2, -0.15) is 5.10 Å². The number of rotatable bonds is 3. The van der Waals surface area contributed by atoms with E-state index in [1.807, 2.05) is 0 Å². The van der Waals surface area contributed by atoms with Crippen molar-refractivity contribution in [1.29, 1.82) is 0 Å². The highest BCUT2D eigenvalue weighted by Crippen LogP contribution is 2.39. The molecule has 2 atom stereocenters. The quantitative estimate of drug-likeness (QED) is 0.825. The molecule has 1 aliphatic carbocycles. The molecule has 7 heteroatoms. The van der Waals surface area contributed by atoms with E-state index in [2.05, 4.69) is 10.2 Å². The number of halogens is 1. The molecule has 0 unspecified atom stereocenters. The van der Waals surface area contributed by atoms with Crippen LogP contribution in [0.1, 0.15) is 41.4 Å². The largest absolute Gasteiger partial charge is 0.368 e. The number of amides is 2. The number of primary amides is 1. The van der Waals surface area contributed by atoms with Gasteiger partial charge in [0.25, 0.3) is 5.91 Å². The van der Waals surface area contributed by atoms with E-state index in [1.54, 1.807) is 6.07 Å². The van der Waals surface area contributed by atoms with E-state index in [9.17, 15) is 14.0 Å². The fourth-order valence-corrected chi connectivity index (χ4v) is 2.48. The van der Waals surface area contributed by atoms with Crippen molar-refractivity contribution in [2.45, 2.75) is 37.4 Å². The van der Waals surface area contributed by atoms with Gasteiger partial charge in [-0.3, -0.25) is 14.7 Å². The number of alkyl halides is 1. The lowest BCUT2D eigenvalue weighted by Crippen LogP contribution is -2.43. The summed E-state index contributed by atoms with van der Waals surface area (Å²) in [6.07, 6.45) is 0.954. The van der Waals surface area contributed by atoms with Crippen LogP contribution in [-0.2, 0) is 4.79 Å². The van der Waals surface area contributed by atoms with Gasteiger partial charge in [-0.1, -0.05) is 0 Å². The molecule has 0 aromatic carbocycles. The van der Waals surface area contributed by atoms with Gasteiger partial charge in [-0.15, -0.1) is 0 Å². The zero-order valence-electron chi connectivity index (χ0n) is 10.3. The number of nitrogens with one attached hydrogen (secondary N) is 1. The maximum Gasteiger partial charge on any atom is 0.275 e. The van der Waals surface area contributed by atoms with E-state index in [4.69, 9.17) is 5.73 Å². The Morgan fingerprint density at radius 1 is 1.47 bits per heavy atom. The second kappa shape index (κ2) is 4.32. The molecule has 1 saturated carbocycles. The molecular formula is C12H15FN4O2. The van der Waals surface area contributed by atoms with Crippen molar-refractivity contribution in [3.05, 3.63) is 17.5 Å². The number of likely N-dealkylation sites (tertiary alicyclic amines) is 1. The molecule has 2 fully saturated rings. The topological polar surface area (TPSA) is 92.1 Å². The van der Waals surface area contributed by atoms with Crippen molar-refractivity contribution in [2.75, 3.05) is 6.54 Å². The number of carbonyl (C=O) groups excluding carboxylic acids is 2. The average molecular weight is 266 g/mol. The van der Waals surface area contributed by atoms with Gasteiger partial charge in [-0.05, 0) is 18.9 Å². The van der Waals surface area contributed by atoms with Crippen LogP contribution in [0.15, 0.2) is 6.07 Å². The molecule has 2 amide bonds. The van der Waals surface area contributed by atoms with Crippen LogP contribution in [0.3, 0.4) is 0 Å². The number of aromatic amines is 1. The Balaban J connectivity index is 1.79. The van der Waals surface area contributed by atoms with Crippen LogP contribution in [0.4, 0.5) is 4.39 Å². The van der Waals surface area contributed by atoms with Crippen LogP contribution in [0.25, 0.3) is 0 Å². The van der Waals surface area contributed by atoms with Crippen LogP contribution in [-0.4, -0.2) is 45.7 Å². The molecular weight excluding hydrogens is 251 g/mol. The van der Waals surface area contributed by atoms with E-state index in [0.717, 1.165) is 18.5 Å². The van der Waals surface area contributed by atoms with Gasteiger partial charge in [-0.25, -0.2) is 4.39 Å². The van der Waals surface area contributed by atoms with Gasteiger partial charge in [0.15, 0.2) is 0 Å². The highest BCUT2D eigenvalue weighted by atomic mass is 19.1. The van der Waals surface area contributed by atoms with Crippen molar-refractivity contribution in [3.8, 4) is 0 Å². The summed E-state index contributed by atoms with van der Waals surface area (Å²) in [7, 11) is 0. The molecule has 2 aliphatic rings. The maximum absolute atomic E-state index is 13.4. The molecule has 1 aliphatic heterocycles.